The fourth-order valence-electron chi connectivity index (χ4n) is 6.79. The summed E-state index contributed by atoms with van der Waals surface area (Å²) < 4.78 is 38.6. The van der Waals surface area contributed by atoms with E-state index in [1.54, 1.807) is 60.7 Å². The lowest BCUT2D eigenvalue weighted by atomic mass is 9.92. The number of rotatable bonds is 4. The third-order valence-electron chi connectivity index (χ3n) is 9.81. The monoisotopic (exact) mass is 779 g/mol. The molecule has 0 fully saturated rings. The van der Waals surface area contributed by atoms with Crippen molar-refractivity contribution in [3.8, 4) is 34.1 Å². The average molecular weight is 780 g/mol. The largest absolute Gasteiger partial charge is 0.597 e. The number of Topliss-reactive ketones (excluding diaryl/α,β-unsaturated/α-hetero) is 1. The van der Waals surface area contributed by atoms with E-state index >= 15 is 4.57 Å². The highest BCUT2D eigenvalue weighted by Crippen LogP contribution is 2.69. The molecule has 3 N–H and O–H groups in total. The van der Waals surface area contributed by atoms with Crippen LogP contribution in [0.15, 0.2) is 174 Å². The number of para-hydroxylation sites is 2. The molecular formula is C46H37O8P2+. The third kappa shape index (κ3) is 7.21. The lowest BCUT2D eigenvalue weighted by molar-refractivity contribution is 0.101. The lowest BCUT2D eigenvalue weighted by Gasteiger charge is -2.41. The van der Waals surface area contributed by atoms with Crippen LogP contribution in [0, 0.1) is 0 Å². The van der Waals surface area contributed by atoms with Crippen molar-refractivity contribution in [2.24, 2.45) is 0 Å². The minimum atomic E-state index is -3.60. The number of hydrogen-bond acceptors (Lipinski definition) is 8. The lowest BCUT2D eigenvalue weighted by Crippen LogP contribution is -2.34. The molecule has 0 spiro atoms. The Morgan fingerprint density at radius 3 is 1.68 bits per heavy atom. The molecule has 10 heteroatoms. The highest BCUT2D eigenvalue weighted by molar-refractivity contribution is 7.69. The van der Waals surface area contributed by atoms with Gasteiger partial charge in [-0.1, -0.05) is 91.0 Å². The maximum Gasteiger partial charge on any atom is 0.597 e. The van der Waals surface area contributed by atoms with Crippen molar-refractivity contribution in [1.82, 2.24) is 0 Å². The zero-order valence-corrected chi connectivity index (χ0v) is 32.2. The number of ketones is 1. The zero-order chi connectivity index (χ0) is 39.5. The minimum Gasteiger partial charge on any atom is -0.508 e. The van der Waals surface area contributed by atoms with Crippen LogP contribution < -0.4 is 9.83 Å². The molecule has 0 saturated carbocycles. The van der Waals surface area contributed by atoms with Crippen molar-refractivity contribution in [1.29, 1.82) is 0 Å². The van der Waals surface area contributed by atoms with E-state index in [1.807, 2.05) is 104 Å². The van der Waals surface area contributed by atoms with Gasteiger partial charge in [-0.2, -0.15) is 0 Å². The first-order chi connectivity index (χ1) is 27.0. The molecule has 8 aromatic rings. The number of phenols is 3. The molecule has 0 radical (unpaired) electrons. The third-order valence-corrected chi connectivity index (χ3v) is 14.1. The van der Waals surface area contributed by atoms with Gasteiger partial charge in [-0.3, -0.25) is 9.36 Å². The molecule has 8 nitrogen and oxygen atoms in total. The van der Waals surface area contributed by atoms with Gasteiger partial charge in [0.1, 0.15) is 28.2 Å². The number of phenolic OH excluding ortho intramolecular Hbond substituents is 3. The summed E-state index contributed by atoms with van der Waals surface area (Å²) in [6.07, 6.45) is 0. The van der Waals surface area contributed by atoms with Crippen molar-refractivity contribution in [3.63, 3.8) is 0 Å². The molecule has 1 aliphatic rings. The summed E-state index contributed by atoms with van der Waals surface area (Å²) >= 11 is 0. The highest BCUT2D eigenvalue weighted by atomic mass is 31.2. The Morgan fingerprint density at radius 2 is 1.07 bits per heavy atom. The van der Waals surface area contributed by atoms with Crippen molar-refractivity contribution in [2.45, 2.75) is 19.0 Å². The summed E-state index contributed by atoms with van der Waals surface area (Å²) in [6.45, 7) is 3.39. The van der Waals surface area contributed by atoms with Gasteiger partial charge < -0.3 is 19.8 Å². The van der Waals surface area contributed by atoms with Crippen molar-refractivity contribution >= 4 is 47.6 Å². The number of carbonyl (C=O) groups is 1. The van der Waals surface area contributed by atoms with Crippen molar-refractivity contribution < 1.29 is 38.0 Å². The molecule has 2 unspecified atom stereocenters. The SMILES string of the molecule is CC(=O)c1ccc(O)cc1.CC(c1ccc(O)cc1)(c1ccc(O)cc1)P1(=O)Oc2ccccc2-c2ccccc21.O=[p+]1oc2ccccc2c2ccccc21. The molecule has 0 aliphatic carbocycles. The normalized spacial score (nSPS) is 14.5. The number of benzene rings is 7. The average Bonchev–Trinajstić information content (AvgIpc) is 3.22. The minimum absolute atomic E-state index is 0.0139. The van der Waals surface area contributed by atoms with Gasteiger partial charge in [-0.25, -0.2) is 4.20 Å². The van der Waals surface area contributed by atoms with Crippen LogP contribution in [0.5, 0.6) is 23.0 Å². The number of fused-ring (bicyclic) bond motifs is 6. The van der Waals surface area contributed by atoms with E-state index in [0.717, 1.165) is 38.1 Å². The quantitative estimate of drug-likeness (QED) is 0.0913. The van der Waals surface area contributed by atoms with Gasteiger partial charge in [0.2, 0.25) is 5.12 Å². The second kappa shape index (κ2) is 15.7. The predicted octanol–water partition coefficient (Wildman–Crippen LogP) is 11.9. The Balaban J connectivity index is 0.000000157. The van der Waals surface area contributed by atoms with E-state index in [4.69, 9.17) is 13.8 Å². The number of aromatic hydroxyl groups is 3. The van der Waals surface area contributed by atoms with Crippen LogP contribution in [-0.4, -0.2) is 21.1 Å². The van der Waals surface area contributed by atoms with Gasteiger partial charge in [0.15, 0.2) is 11.4 Å². The van der Waals surface area contributed by atoms with E-state index in [0.29, 0.717) is 22.2 Å². The molecule has 1 aliphatic heterocycles. The maximum atomic E-state index is 15.1. The molecular weight excluding hydrogens is 742 g/mol. The Bertz CT molecular complexity index is 2750. The fraction of sp³-hybridized carbons (Fsp3) is 0.0652. The second-order valence-electron chi connectivity index (χ2n) is 13.3. The Morgan fingerprint density at radius 1 is 0.589 bits per heavy atom. The fourth-order valence-corrected chi connectivity index (χ4v) is 10.8. The van der Waals surface area contributed by atoms with Gasteiger partial charge in [0, 0.05) is 21.9 Å². The molecule has 278 valence electrons. The summed E-state index contributed by atoms with van der Waals surface area (Å²) in [4.78, 5) is 10.7. The van der Waals surface area contributed by atoms with E-state index in [2.05, 4.69) is 0 Å². The predicted molar refractivity (Wildman–Crippen MR) is 222 cm³/mol. The van der Waals surface area contributed by atoms with Crippen molar-refractivity contribution in [2.75, 3.05) is 0 Å². The second-order valence-corrected chi connectivity index (χ2v) is 17.1. The molecule has 2 atom stereocenters. The molecule has 0 bridgehead atoms. The first kappa shape index (κ1) is 37.8. The Hall–Kier alpha value is -6.46. The Kier molecular flexibility index (Phi) is 10.6. The Labute approximate surface area is 324 Å². The van der Waals surface area contributed by atoms with E-state index in [9.17, 15) is 19.6 Å². The molecule has 56 heavy (non-hydrogen) atoms. The van der Waals surface area contributed by atoms with Crippen LogP contribution in [0.1, 0.15) is 35.3 Å². The standard InChI is InChI=1S/C26H21O4P.C12H8O2P.C8H8O2/c1-26(18-10-14-20(27)15-11-18,19-12-16-21(28)17-13-19)31(29)25-9-5-3-7-23(25)22-6-2-4-8-24(22)30-31;13-15-12-8-4-2-6-10(12)9-5-1-3-7-11(9)14-15;1-6(9)7-2-4-8(10)5-3-7/h2-17,27-28H,1H3;1-8H;2-5,10H,1H3/q;+1;. The van der Waals surface area contributed by atoms with Gasteiger partial charge in [-0.05, 0) is 114 Å². The van der Waals surface area contributed by atoms with Crippen LogP contribution in [0.2, 0.25) is 0 Å². The number of hydrogen-bond donors (Lipinski definition) is 3. The van der Waals surface area contributed by atoms with Crippen LogP contribution in [0.3, 0.4) is 0 Å². The van der Waals surface area contributed by atoms with Crippen LogP contribution in [-0.2, 0) is 14.3 Å². The van der Waals surface area contributed by atoms with Gasteiger partial charge in [-0.15, -0.1) is 0 Å². The smallest absolute Gasteiger partial charge is 0.508 e. The van der Waals surface area contributed by atoms with E-state index < -0.39 is 20.2 Å². The van der Waals surface area contributed by atoms with E-state index in [1.165, 1.54) is 19.1 Å². The number of carbonyl (C=O) groups excluding carboxylic acids is 1. The molecule has 1 aromatic heterocycles. The molecule has 2 heterocycles. The molecule has 9 rings (SSSR count). The van der Waals surface area contributed by atoms with Gasteiger partial charge in [0.25, 0.3) is 7.37 Å². The van der Waals surface area contributed by atoms with E-state index in [-0.39, 0.29) is 23.0 Å². The summed E-state index contributed by atoms with van der Waals surface area (Å²) in [5.41, 5.74) is 4.61. The van der Waals surface area contributed by atoms with Crippen molar-refractivity contribution in [3.05, 3.63) is 187 Å². The zero-order valence-electron chi connectivity index (χ0n) is 30.4. The van der Waals surface area contributed by atoms with Gasteiger partial charge in [0.05, 0.1) is 5.30 Å². The first-order valence-corrected chi connectivity index (χ1v) is 20.5. The van der Waals surface area contributed by atoms with Gasteiger partial charge >= 0.3 is 7.65 Å². The summed E-state index contributed by atoms with van der Waals surface area (Å²) in [5.74, 6) is 1.04. The van der Waals surface area contributed by atoms with Crippen LogP contribution in [0.25, 0.3) is 32.6 Å². The molecule has 0 saturated heterocycles. The summed E-state index contributed by atoms with van der Waals surface area (Å²) in [7, 11) is -5.34. The molecule has 7 aromatic carbocycles. The summed E-state index contributed by atoms with van der Waals surface area (Å²) in [6, 6.07) is 50.2. The maximum absolute atomic E-state index is 15.1. The summed E-state index contributed by atoms with van der Waals surface area (Å²) in [5, 5.41) is 30.9. The highest BCUT2D eigenvalue weighted by Gasteiger charge is 2.53. The topological polar surface area (TPSA) is 134 Å². The first-order valence-electron chi connectivity index (χ1n) is 17.7. The van der Waals surface area contributed by atoms with Crippen LogP contribution in [0.4, 0.5) is 0 Å². The molecule has 0 amide bonds. The van der Waals surface area contributed by atoms with Crippen LogP contribution >= 0.6 is 15.0 Å².